The Kier molecular flexibility index (Phi) is 7.61. The van der Waals surface area contributed by atoms with Gasteiger partial charge in [0.15, 0.2) is 5.13 Å². The maximum absolute atomic E-state index is 12.8. The number of hydrogen-bond acceptors (Lipinski definition) is 6. The van der Waals surface area contributed by atoms with Crippen LogP contribution in [-0.4, -0.2) is 28.8 Å². The molecule has 0 saturated heterocycles. The molecular weight excluding hydrogens is 609 g/mol. The largest absolute Gasteiger partial charge is 0.507 e. The van der Waals surface area contributed by atoms with Crippen molar-refractivity contribution in [1.82, 2.24) is 4.98 Å². The van der Waals surface area contributed by atoms with Crippen molar-refractivity contribution in [2.75, 3.05) is 12.4 Å². The van der Waals surface area contributed by atoms with Crippen molar-refractivity contribution in [2.24, 2.45) is 28.3 Å². The Morgan fingerprint density at radius 1 is 1.37 bits per heavy atom. The van der Waals surface area contributed by atoms with Gasteiger partial charge in [-0.3, -0.25) is 4.79 Å². The van der Waals surface area contributed by atoms with Gasteiger partial charge >= 0.3 is 0 Å². The van der Waals surface area contributed by atoms with Crippen LogP contribution in [0.15, 0.2) is 17.4 Å². The van der Waals surface area contributed by atoms with Crippen molar-refractivity contribution in [2.45, 2.75) is 90.9 Å². The predicted octanol–water partition coefficient (Wildman–Crippen LogP) is 7.56. The summed E-state index contributed by atoms with van der Waals surface area (Å²) in [5.41, 5.74) is 4.90. The minimum absolute atomic E-state index is 0.000820. The summed E-state index contributed by atoms with van der Waals surface area (Å²) in [6.07, 6.45) is 8.33. The van der Waals surface area contributed by atoms with Crippen LogP contribution >= 0.6 is 33.9 Å². The standard InChI is InChI=1S/C30H40IN3O3S/c1-16-15-32-28(38-16)33-24(35)10-7-17-13-23(34-37-6)30(5)12-11-18-19(25(17)30)8-9-20-21(18)14-22(29(2,3)4)27(36)26(20)31/h14-15,17-19,25,36H,7-13H2,1-6H3,(H,32,33,35)/b34-23+/t17-,18?,19?,25?,30-/m1/s1. The number of nitrogens with zero attached hydrogens (tertiary/aromatic N) is 2. The Morgan fingerprint density at radius 3 is 2.79 bits per heavy atom. The third-order valence-electron chi connectivity index (χ3n) is 9.43. The SMILES string of the molecule is CO/N=C1\C[C@@H](CCC(=O)Nc2ncc(C)s2)C2C3CCc4c(cc(C(C)(C)C)c(O)c4I)C3CC[C@]12C. The van der Waals surface area contributed by atoms with Crippen molar-refractivity contribution in [3.63, 3.8) is 0 Å². The first-order valence-corrected chi connectivity index (χ1v) is 15.7. The number of thiazole rings is 1. The number of fused-ring (bicyclic) bond motifs is 5. The molecule has 2 saturated carbocycles. The molecule has 206 valence electrons. The maximum Gasteiger partial charge on any atom is 0.226 e. The van der Waals surface area contributed by atoms with Crippen LogP contribution in [-0.2, 0) is 21.5 Å². The highest BCUT2D eigenvalue weighted by molar-refractivity contribution is 14.1. The smallest absolute Gasteiger partial charge is 0.226 e. The van der Waals surface area contributed by atoms with Crippen molar-refractivity contribution >= 4 is 50.7 Å². The summed E-state index contributed by atoms with van der Waals surface area (Å²) in [5, 5.41) is 19.3. The molecule has 5 rings (SSSR count). The van der Waals surface area contributed by atoms with Crippen molar-refractivity contribution in [1.29, 1.82) is 0 Å². The zero-order valence-electron chi connectivity index (χ0n) is 23.4. The number of phenols is 1. The molecule has 0 radical (unpaired) electrons. The number of hydrogen-bond donors (Lipinski definition) is 2. The summed E-state index contributed by atoms with van der Waals surface area (Å²) in [6, 6.07) is 2.32. The van der Waals surface area contributed by atoms with Gasteiger partial charge in [-0.1, -0.05) is 38.9 Å². The first-order chi connectivity index (χ1) is 17.9. The fraction of sp³-hybridized carbons (Fsp3) is 0.633. The van der Waals surface area contributed by atoms with Crippen LogP contribution in [0.3, 0.4) is 0 Å². The summed E-state index contributed by atoms with van der Waals surface area (Å²) in [7, 11) is 1.65. The Balaban J connectivity index is 1.44. The van der Waals surface area contributed by atoms with Crippen LogP contribution in [0.4, 0.5) is 5.13 Å². The number of nitrogens with one attached hydrogen (secondary N) is 1. The molecule has 3 aliphatic rings. The lowest BCUT2D eigenvalue weighted by Crippen LogP contribution is -2.44. The van der Waals surface area contributed by atoms with Gasteiger partial charge in [-0.15, -0.1) is 11.3 Å². The normalized spacial score (nSPS) is 29.5. The molecule has 0 spiro atoms. The maximum atomic E-state index is 12.8. The molecule has 8 heteroatoms. The number of halogens is 1. The Morgan fingerprint density at radius 2 is 2.13 bits per heavy atom. The number of benzene rings is 1. The minimum atomic E-state index is -0.118. The number of aryl methyl sites for hydroxylation is 1. The van der Waals surface area contributed by atoms with Gasteiger partial charge in [-0.25, -0.2) is 4.98 Å². The lowest BCUT2D eigenvalue weighted by atomic mass is 9.53. The summed E-state index contributed by atoms with van der Waals surface area (Å²) in [4.78, 5) is 23.6. The molecule has 0 aliphatic heterocycles. The van der Waals surface area contributed by atoms with Crippen LogP contribution in [0, 0.1) is 33.7 Å². The van der Waals surface area contributed by atoms with Gasteiger partial charge in [0.2, 0.25) is 5.91 Å². The van der Waals surface area contributed by atoms with Crippen molar-refractivity contribution < 1.29 is 14.7 Å². The molecule has 1 aromatic heterocycles. The fourth-order valence-electron chi connectivity index (χ4n) is 7.75. The number of rotatable bonds is 5. The predicted molar refractivity (Wildman–Crippen MR) is 162 cm³/mol. The van der Waals surface area contributed by atoms with E-state index in [9.17, 15) is 9.90 Å². The van der Waals surface area contributed by atoms with E-state index in [1.165, 1.54) is 28.2 Å². The molecule has 3 aliphatic carbocycles. The molecule has 3 unspecified atom stereocenters. The summed E-state index contributed by atoms with van der Waals surface area (Å²) < 4.78 is 1.04. The number of phenolic OH excluding ortho intramolecular Hbond substituents is 1. The van der Waals surface area contributed by atoms with Crippen LogP contribution in [0.5, 0.6) is 5.75 Å². The van der Waals surface area contributed by atoms with E-state index in [1.54, 1.807) is 13.3 Å². The van der Waals surface area contributed by atoms with E-state index in [1.807, 2.05) is 6.92 Å². The van der Waals surface area contributed by atoms with Gasteiger partial charge in [-0.2, -0.15) is 0 Å². The number of aromatic nitrogens is 1. The Hall–Kier alpha value is -1.68. The average molecular weight is 650 g/mol. The molecule has 1 heterocycles. The van der Waals surface area contributed by atoms with E-state index in [0.29, 0.717) is 41.0 Å². The van der Waals surface area contributed by atoms with Gasteiger partial charge in [-0.05, 0) is 108 Å². The minimum Gasteiger partial charge on any atom is -0.507 e. The van der Waals surface area contributed by atoms with Gasteiger partial charge in [0.1, 0.15) is 12.9 Å². The molecule has 6 nitrogen and oxygen atoms in total. The van der Waals surface area contributed by atoms with Crippen LogP contribution in [0.2, 0.25) is 0 Å². The second-order valence-electron chi connectivity index (χ2n) is 12.7. The zero-order chi connectivity index (χ0) is 27.4. The summed E-state index contributed by atoms with van der Waals surface area (Å²) >= 11 is 3.88. The lowest BCUT2D eigenvalue weighted by molar-refractivity contribution is -0.116. The van der Waals surface area contributed by atoms with E-state index in [-0.39, 0.29) is 16.7 Å². The number of carbonyl (C=O) groups excluding carboxylic acids is 1. The number of anilines is 1. The van der Waals surface area contributed by atoms with Gasteiger partial charge in [0.05, 0.1) is 9.28 Å². The third kappa shape index (κ3) is 4.88. The van der Waals surface area contributed by atoms with Gasteiger partial charge in [0.25, 0.3) is 0 Å². The number of amides is 1. The average Bonchev–Trinajstić information content (AvgIpc) is 3.38. The van der Waals surface area contributed by atoms with E-state index in [4.69, 9.17) is 4.84 Å². The van der Waals surface area contributed by atoms with E-state index < -0.39 is 0 Å². The fourth-order valence-corrected chi connectivity index (χ4v) is 9.30. The van der Waals surface area contributed by atoms with Crippen LogP contribution in [0.25, 0.3) is 0 Å². The number of aromatic hydroxyl groups is 1. The molecule has 1 aromatic carbocycles. The van der Waals surface area contributed by atoms with Gasteiger partial charge < -0.3 is 15.3 Å². The highest BCUT2D eigenvalue weighted by Crippen LogP contribution is 2.63. The molecule has 1 amide bonds. The summed E-state index contributed by atoms with van der Waals surface area (Å²) in [5.74, 6) is 2.37. The van der Waals surface area contributed by atoms with Gasteiger partial charge in [0, 0.05) is 28.5 Å². The second kappa shape index (κ2) is 10.4. The Labute approximate surface area is 244 Å². The third-order valence-corrected chi connectivity index (χ3v) is 11.4. The van der Waals surface area contributed by atoms with Crippen LogP contribution in [0.1, 0.15) is 93.7 Å². The first-order valence-electron chi connectivity index (χ1n) is 13.8. The molecule has 2 fully saturated rings. The summed E-state index contributed by atoms with van der Waals surface area (Å²) in [6.45, 7) is 10.9. The molecule has 2 aromatic rings. The van der Waals surface area contributed by atoms with Crippen molar-refractivity contribution in [3.8, 4) is 5.75 Å². The first kappa shape index (κ1) is 27.9. The molecule has 2 N–H and O–H groups in total. The molecule has 5 atom stereocenters. The highest BCUT2D eigenvalue weighted by Gasteiger charge is 2.58. The van der Waals surface area contributed by atoms with Crippen LogP contribution < -0.4 is 5.32 Å². The number of carbonyl (C=O) groups is 1. The Bertz CT molecular complexity index is 1270. The van der Waals surface area contributed by atoms with E-state index in [0.717, 1.165) is 52.5 Å². The monoisotopic (exact) mass is 649 g/mol. The molecular formula is C30H40IN3O3S. The number of oxime groups is 1. The quantitative estimate of drug-likeness (QED) is 0.259. The molecule has 0 bridgehead atoms. The second-order valence-corrected chi connectivity index (χ2v) is 15.1. The van der Waals surface area contributed by atoms with E-state index >= 15 is 0 Å². The zero-order valence-corrected chi connectivity index (χ0v) is 26.3. The van der Waals surface area contributed by atoms with E-state index in [2.05, 4.69) is 71.8 Å². The topological polar surface area (TPSA) is 83.8 Å². The highest BCUT2D eigenvalue weighted by atomic mass is 127. The molecule has 38 heavy (non-hydrogen) atoms. The van der Waals surface area contributed by atoms with Crippen molar-refractivity contribution in [3.05, 3.63) is 37.4 Å². The lowest BCUT2D eigenvalue weighted by Gasteiger charge is -2.51.